The van der Waals surface area contributed by atoms with Gasteiger partial charge in [-0.2, -0.15) is 0 Å². The van der Waals surface area contributed by atoms with Crippen molar-refractivity contribution in [1.82, 2.24) is 5.32 Å². The van der Waals surface area contributed by atoms with Crippen LogP contribution in [0.1, 0.15) is 252 Å². The van der Waals surface area contributed by atoms with E-state index in [2.05, 4.69) is 99.0 Å². The number of nitrogens with one attached hydrogen (secondary N) is 1. The Labute approximate surface area is 390 Å². The van der Waals surface area contributed by atoms with Crippen LogP contribution in [0.2, 0.25) is 0 Å². The van der Waals surface area contributed by atoms with Crippen LogP contribution in [-0.2, 0) is 14.3 Å². The molecule has 0 aromatic heterocycles. The molecule has 3 atom stereocenters. The molecule has 0 aliphatic carbocycles. The van der Waals surface area contributed by atoms with Gasteiger partial charge in [0.1, 0.15) is 6.10 Å². The highest BCUT2D eigenvalue weighted by atomic mass is 16.5. The molecule has 0 aromatic rings. The Morgan fingerprint density at radius 1 is 0.476 bits per heavy atom. The molecular weight excluding hydrogens is 779 g/mol. The van der Waals surface area contributed by atoms with Gasteiger partial charge in [0, 0.05) is 6.42 Å². The Bertz CT molecular complexity index is 1170. The third-order valence-electron chi connectivity index (χ3n) is 11.8. The summed E-state index contributed by atoms with van der Waals surface area (Å²) in [5, 5.41) is 23.8. The highest BCUT2D eigenvalue weighted by molar-refractivity contribution is 5.77. The molecule has 0 aromatic carbocycles. The lowest BCUT2D eigenvalue weighted by Crippen LogP contribution is -2.46. The average Bonchev–Trinajstić information content (AvgIpc) is 3.28. The van der Waals surface area contributed by atoms with Crippen molar-refractivity contribution in [2.75, 3.05) is 6.61 Å². The van der Waals surface area contributed by atoms with Crippen LogP contribution in [0.5, 0.6) is 0 Å². The maximum atomic E-state index is 13.2. The molecule has 1 amide bonds. The fourth-order valence-electron chi connectivity index (χ4n) is 7.75. The van der Waals surface area contributed by atoms with Gasteiger partial charge >= 0.3 is 5.97 Å². The number of carbonyl (C=O) groups excluding carboxylic acids is 2. The minimum atomic E-state index is -0.805. The minimum Gasteiger partial charge on any atom is -0.462 e. The quantitative estimate of drug-likeness (QED) is 0.0321. The van der Waals surface area contributed by atoms with E-state index >= 15 is 0 Å². The van der Waals surface area contributed by atoms with E-state index < -0.39 is 18.2 Å². The van der Waals surface area contributed by atoms with Crippen LogP contribution in [-0.4, -0.2) is 46.9 Å². The highest BCUT2D eigenvalue weighted by Gasteiger charge is 2.24. The number of unbranched alkanes of at least 4 members (excludes halogenated alkanes) is 23. The zero-order valence-electron chi connectivity index (χ0n) is 41.4. The first-order valence-electron chi connectivity index (χ1n) is 26.7. The third kappa shape index (κ3) is 45.7. The molecule has 6 nitrogen and oxygen atoms in total. The number of rotatable bonds is 47. The van der Waals surface area contributed by atoms with Crippen LogP contribution >= 0.6 is 0 Å². The molecule has 0 rings (SSSR count). The number of hydrogen-bond acceptors (Lipinski definition) is 5. The highest BCUT2D eigenvalue weighted by Crippen LogP contribution is 2.17. The lowest BCUT2D eigenvalue weighted by Gasteiger charge is -2.24. The second-order valence-corrected chi connectivity index (χ2v) is 17.9. The van der Waals surface area contributed by atoms with Crippen molar-refractivity contribution in [3.05, 3.63) is 72.9 Å². The van der Waals surface area contributed by atoms with Crippen molar-refractivity contribution in [3.8, 4) is 0 Å². The first-order chi connectivity index (χ1) is 31.0. The van der Waals surface area contributed by atoms with Gasteiger partial charge in [0.15, 0.2) is 0 Å². The molecule has 3 N–H and O–H groups in total. The van der Waals surface area contributed by atoms with Crippen molar-refractivity contribution in [1.29, 1.82) is 0 Å². The van der Waals surface area contributed by atoms with E-state index in [-0.39, 0.29) is 24.9 Å². The van der Waals surface area contributed by atoms with Gasteiger partial charge in [0.2, 0.25) is 5.91 Å². The van der Waals surface area contributed by atoms with E-state index in [9.17, 15) is 19.8 Å². The van der Waals surface area contributed by atoms with Gasteiger partial charge in [0.05, 0.1) is 25.2 Å². The lowest BCUT2D eigenvalue weighted by molar-refractivity contribution is -0.151. The summed E-state index contributed by atoms with van der Waals surface area (Å²) in [6, 6.07) is -0.723. The summed E-state index contributed by atoms with van der Waals surface area (Å²) in [5.74, 6) is -0.534. The monoisotopic (exact) mass is 880 g/mol. The predicted octanol–water partition coefficient (Wildman–Crippen LogP) is 16.2. The Balaban J connectivity index is 4.70. The maximum absolute atomic E-state index is 13.2. The van der Waals surface area contributed by atoms with Crippen LogP contribution in [0.15, 0.2) is 72.9 Å². The summed E-state index contributed by atoms with van der Waals surface area (Å²) < 4.78 is 5.91. The van der Waals surface area contributed by atoms with Crippen molar-refractivity contribution in [3.63, 3.8) is 0 Å². The van der Waals surface area contributed by atoms with Gasteiger partial charge in [-0.25, -0.2) is 0 Å². The number of ether oxygens (including phenoxy) is 1. The molecule has 0 saturated carbocycles. The second kappa shape index (κ2) is 50.3. The lowest BCUT2D eigenvalue weighted by atomic mass is 10.0. The first kappa shape index (κ1) is 60.3. The van der Waals surface area contributed by atoms with E-state index in [1.54, 1.807) is 0 Å². The zero-order chi connectivity index (χ0) is 45.9. The van der Waals surface area contributed by atoms with Gasteiger partial charge in [-0.3, -0.25) is 9.59 Å². The predicted molar refractivity (Wildman–Crippen MR) is 273 cm³/mol. The third-order valence-corrected chi connectivity index (χ3v) is 11.8. The summed E-state index contributed by atoms with van der Waals surface area (Å²) >= 11 is 0. The van der Waals surface area contributed by atoms with Gasteiger partial charge in [-0.1, -0.05) is 222 Å². The number of amides is 1. The van der Waals surface area contributed by atoms with Crippen LogP contribution < -0.4 is 5.32 Å². The summed E-state index contributed by atoms with van der Waals surface area (Å²) in [5.41, 5.74) is 0. The smallest absolute Gasteiger partial charge is 0.306 e. The molecule has 0 aliphatic rings. The second-order valence-electron chi connectivity index (χ2n) is 17.9. The fourth-order valence-corrected chi connectivity index (χ4v) is 7.75. The normalized spacial score (nSPS) is 13.8. The zero-order valence-corrected chi connectivity index (χ0v) is 41.4. The van der Waals surface area contributed by atoms with E-state index in [0.29, 0.717) is 19.3 Å². The van der Waals surface area contributed by atoms with Gasteiger partial charge in [-0.15, -0.1) is 0 Å². The van der Waals surface area contributed by atoms with Crippen molar-refractivity contribution in [2.24, 2.45) is 0 Å². The van der Waals surface area contributed by atoms with Crippen molar-refractivity contribution < 1.29 is 24.5 Å². The van der Waals surface area contributed by atoms with Crippen LogP contribution in [0.3, 0.4) is 0 Å². The number of allylic oxidation sites excluding steroid dienone is 12. The summed E-state index contributed by atoms with van der Waals surface area (Å²) in [6.07, 6.45) is 63.9. The van der Waals surface area contributed by atoms with Crippen molar-refractivity contribution in [2.45, 2.75) is 270 Å². The number of esters is 1. The number of aliphatic hydroxyl groups excluding tert-OH is 2. The SMILES string of the molecule is CC/C=C\C/C=C\C/C=C\C/C=C\C/C=C\CCCC(CC(=O)NC(CO)C(O)CCCCCCCCCCCCCC)OC(=O)CCCCCCCCC/C=C\CCCCCC. The van der Waals surface area contributed by atoms with Gasteiger partial charge in [0.25, 0.3) is 0 Å². The molecule has 0 saturated heterocycles. The molecule has 0 fully saturated rings. The maximum Gasteiger partial charge on any atom is 0.306 e. The molecule has 0 radical (unpaired) electrons. The van der Waals surface area contributed by atoms with Crippen molar-refractivity contribution >= 4 is 11.9 Å². The topological polar surface area (TPSA) is 95.9 Å². The number of carbonyl (C=O) groups is 2. The van der Waals surface area contributed by atoms with E-state index in [1.165, 1.54) is 122 Å². The van der Waals surface area contributed by atoms with E-state index in [4.69, 9.17) is 4.74 Å². The molecule has 3 unspecified atom stereocenters. The Kier molecular flexibility index (Phi) is 48.1. The van der Waals surface area contributed by atoms with Gasteiger partial charge < -0.3 is 20.3 Å². The average molecular weight is 880 g/mol. The molecule has 6 heteroatoms. The summed E-state index contributed by atoms with van der Waals surface area (Å²) in [7, 11) is 0. The molecule has 63 heavy (non-hydrogen) atoms. The van der Waals surface area contributed by atoms with Crippen LogP contribution in [0.4, 0.5) is 0 Å². The Morgan fingerprint density at radius 2 is 0.873 bits per heavy atom. The fraction of sp³-hybridized carbons (Fsp3) is 0.754. The largest absolute Gasteiger partial charge is 0.462 e. The minimum absolute atomic E-state index is 0.0350. The molecule has 0 heterocycles. The summed E-state index contributed by atoms with van der Waals surface area (Å²) in [4.78, 5) is 26.2. The number of hydrogen-bond donors (Lipinski definition) is 3. The molecule has 0 aliphatic heterocycles. The van der Waals surface area contributed by atoms with E-state index in [1.807, 2.05) is 0 Å². The van der Waals surface area contributed by atoms with Gasteiger partial charge in [-0.05, 0) is 89.9 Å². The Morgan fingerprint density at radius 3 is 1.37 bits per heavy atom. The number of aliphatic hydroxyl groups is 2. The molecule has 0 spiro atoms. The molecule has 364 valence electrons. The molecular formula is C57H101NO5. The van der Waals surface area contributed by atoms with Crippen LogP contribution in [0, 0.1) is 0 Å². The molecule has 0 bridgehead atoms. The van der Waals surface area contributed by atoms with E-state index in [0.717, 1.165) is 83.5 Å². The van der Waals surface area contributed by atoms with Crippen LogP contribution in [0.25, 0.3) is 0 Å². The standard InChI is InChI=1S/C57H101NO5/c1-4-7-10-13-16-19-22-25-27-28-30-31-33-36-39-42-45-48-53(63-57(62)50-47-44-41-38-35-32-29-26-23-20-17-14-11-8-5-2)51-56(61)58-54(52-59)55(60)49-46-43-40-37-34-24-21-18-15-12-9-6-3/h7,10,16,19-20,23,25,27,30-31,36,39,53-55,59-60H,4-6,8-9,11-15,17-18,21-22,24,26,28-29,32-35,37-38,40-52H2,1-3H3,(H,58,61)/b10-7-,19-16-,23-20-,27-25-,31-30-,39-36-. The Hall–Kier alpha value is -2.70. The summed E-state index contributed by atoms with van der Waals surface area (Å²) in [6.45, 7) is 6.34. The first-order valence-corrected chi connectivity index (χ1v) is 26.7.